The molecule has 0 saturated carbocycles. The van der Waals surface area contributed by atoms with E-state index in [4.69, 9.17) is 9.47 Å². The molecule has 0 radical (unpaired) electrons. The van der Waals surface area contributed by atoms with Gasteiger partial charge in [0, 0.05) is 12.6 Å². The van der Waals surface area contributed by atoms with Crippen LogP contribution >= 0.6 is 0 Å². The molecule has 124 valence electrons. The molecule has 5 nitrogen and oxygen atoms in total. The van der Waals surface area contributed by atoms with E-state index < -0.39 is 5.60 Å². The van der Waals surface area contributed by atoms with Crippen LogP contribution in [0, 0.1) is 13.8 Å². The number of rotatable bonds is 6. The predicted octanol–water partition coefficient (Wildman–Crippen LogP) is 3.47. The van der Waals surface area contributed by atoms with Crippen LogP contribution in [0.5, 0.6) is 0 Å². The monoisotopic (exact) mass is 309 g/mol. The third kappa shape index (κ3) is 5.54. The maximum atomic E-state index is 12.2. The molecule has 0 atom stereocenters. The normalized spacial score (nSPS) is 11.4. The van der Waals surface area contributed by atoms with E-state index in [2.05, 4.69) is 4.98 Å². The second-order valence-corrected chi connectivity index (χ2v) is 6.53. The Labute approximate surface area is 132 Å². The Morgan fingerprint density at radius 2 is 1.77 bits per heavy atom. The summed E-state index contributed by atoms with van der Waals surface area (Å²) in [6.45, 7) is 11.3. The average molecular weight is 309 g/mol. The van der Waals surface area contributed by atoms with Gasteiger partial charge in [-0.25, -0.2) is 4.79 Å². The van der Waals surface area contributed by atoms with Gasteiger partial charge in [0.2, 0.25) is 0 Å². The molecule has 1 N–H and O–H groups in total. The number of nitrogens with one attached hydrogen (secondary N) is 1. The minimum absolute atomic E-state index is 0.249. The highest BCUT2D eigenvalue weighted by atomic mass is 16.6. The number of unbranched alkanes of at least 4 members (excludes halogenated alkanes) is 1. The van der Waals surface area contributed by atoms with E-state index in [0.29, 0.717) is 12.3 Å². The molecule has 0 spiro atoms. The van der Waals surface area contributed by atoms with Crippen LogP contribution < -0.4 is 0 Å². The van der Waals surface area contributed by atoms with Crippen molar-refractivity contribution in [2.24, 2.45) is 0 Å². The predicted molar refractivity (Wildman–Crippen MR) is 85.0 cm³/mol. The lowest BCUT2D eigenvalue weighted by atomic mass is 10.0. The number of H-pyrrole nitrogens is 1. The fourth-order valence-corrected chi connectivity index (χ4v) is 2.32. The molecule has 0 aliphatic carbocycles. The van der Waals surface area contributed by atoms with Gasteiger partial charge in [-0.05, 0) is 65.0 Å². The molecule has 0 aromatic carbocycles. The Balaban J connectivity index is 2.66. The fourth-order valence-electron chi connectivity index (χ4n) is 2.32. The van der Waals surface area contributed by atoms with Crippen LogP contribution in [-0.4, -0.2) is 29.1 Å². The van der Waals surface area contributed by atoms with Gasteiger partial charge < -0.3 is 14.5 Å². The van der Waals surface area contributed by atoms with Crippen LogP contribution in [-0.2, 0) is 20.7 Å². The van der Waals surface area contributed by atoms with Gasteiger partial charge in [0.15, 0.2) is 0 Å². The molecular weight excluding hydrogens is 282 g/mol. The number of esters is 2. The van der Waals surface area contributed by atoms with E-state index in [1.54, 1.807) is 0 Å². The molecule has 5 heteroatoms. The molecule has 0 aliphatic heterocycles. The number of hydrogen-bond donors (Lipinski definition) is 1. The van der Waals surface area contributed by atoms with Gasteiger partial charge in [0.05, 0.1) is 6.61 Å². The summed E-state index contributed by atoms with van der Waals surface area (Å²) in [6.07, 6.45) is 2.56. The van der Waals surface area contributed by atoms with Gasteiger partial charge >= 0.3 is 11.9 Å². The number of hydrogen-bond acceptors (Lipinski definition) is 4. The molecule has 1 aromatic rings. The summed E-state index contributed by atoms with van der Waals surface area (Å²) in [7, 11) is 0. The molecule has 0 fully saturated rings. The minimum atomic E-state index is -0.507. The largest absolute Gasteiger partial charge is 0.466 e. The van der Waals surface area contributed by atoms with E-state index >= 15 is 0 Å². The Morgan fingerprint density at radius 1 is 1.14 bits per heavy atom. The van der Waals surface area contributed by atoms with E-state index in [1.165, 1.54) is 6.92 Å². The molecule has 1 heterocycles. The van der Waals surface area contributed by atoms with E-state index in [9.17, 15) is 9.59 Å². The van der Waals surface area contributed by atoms with Gasteiger partial charge in [0.25, 0.3) is 0 Å². The van der Waals surface area contributed by atoms with Crippen molar-refractivity contribution >= 4 is 11.9 Å². The van der Waals surface area contributed by atoms with Crippen LogP contribution in [0.3, 0.4) is 0 Å². The summed E-state index contributed by atoms with van der Waals surface area (Å²) in [5.74, 6) is -0.569. The van der Waals surface area contributed by atoms with Crippen molar-refractivity contribution in [1.82, 2.24) is 4.98 Å². The summed E-state index contributed by atoms with van der Waals surface area (Å²) < 4.78 is 10.3. The van der Waals surface area contributed by atoms with Crippen molar-refractivity contribution in [1.29, 1.82) is 0 Å². The Hall–Kier alpha value is -1.78. The van der Waals surface area contributed by atoms with Crippen LogP contribution in [0.15, 0.2) is 0 Å². The highest BCUT2D eigenvalue weighted by Gasteiger charge is 2.23. The number of carbonyl (C=O) groups excluding carboxylic acids is 2. The summed E-state index contributed by atoms with van der Waals surface area (Å²) in [5.41, 5.74) is 3.10. The molecule has 22 heavy (non-hydrogen) atoms. The van der Waals surface area contributed by atoms with Crippen LogP contribution in [0.2, 0.25) is 0 Å². The smallest absolute Gasteiger partial charge is 0.355 e. The summed E-state index contributed by atoms with van der Waals surface area (Å²) in [6, 6.07) is 0. The highest BCUT2D eigenvalue weighted by Crippen LogP contribution is 2.22. The van der Waals surface area contributed by atoms with E-state index in [0.717, 1.165) is 36.1 Å². The van der Waals surface area contributed by atoms with Gasteiger partial charge in [-0.1, -0.05) is 0 Å². The van der Waals surface area contributed by atoms with Gasteiger partial charge in [-0.15, -0.1) is 0 Å². The quantitative estimate of drug-likeness (QED) is 0.645. The van der Waals surface area contributed by atoms with Crippen molar-refractivity contribution < 1.29 is 19.1 Å². The van der Waals surface area contributed by atoms with Crippen molar-refractivity contribution in [2.75, 3.05) is 6.61 Å². The third-order valence-corrected chi connectivity index (χ3v) is 3.32. The zero-order valence-corrected chi connectivity index (χ0v) is 14.5. The molecular formula is C17H27NO4. The van der Waals surface area contributed by atoms with Crippen molar-refractivity contribution in [2.45, 2.75) is 66.4 Å². The molecule has 0 unspecified atom stereocenters. The Morgan fingerprint density at radius 3 is 2.32 bits per heavy atom. The molecule has 0 amide bonds. The first-order valence-electron chi connectivity index (χ1n) is 7.66. The Kier molecular flexibility index (Phi) is 6.21. The summed E-state index contributed by atoms with van der Waals surface area (Å²) in [4.78, 5) is 26.0. The van der Waals surface area contributed by atoms with Crippen molar-refractivity contribution in [3.05, 3.63) is 22.5 Å². The third-order valence-electron chi connectivity index (χ3n) is 3.32. The topological polar surface area (TPSA) is 68.4 Å². The SMILES string of the molecule is CC(=O)OCCCCc1c(C)[nH]c(C(=O)OC(C)(C)C)c1C. The van der Waals surface area contributed by atoms with Gasteiger partial charge in [-0.3, -0.25) is 4.79 Å². The van der Waals surface area contributed by atoms with Gasteiger partial charge in [0.1, 0.15) is 11.3 Å². The second-order valence-electron chi connectivity index (χ2n) is 6.53. The lowest BCUT2D eigenvalue weighted by Crippen LogP contribution is -2.24. The molecule has 0 saturated heterocycles. The number of aromatic amines is 1. The first kappa shape index (κ1) is 18.3. The molecule has 0 bridgehead atoms. The molecule has 1 rings (SSSR count). The molecule has 0 aliphatic rings. The summed E-state index contributed by atoms with van der Waals surface area (Å²) >= 11 is 0. The summed E-state index contributed by atoms with van der Waals surface area (Å²) in [5, 5.41) is 0. The fraction of sp³-hybridized carbons (Fsp3) is 0.647. The van der Waals surface area contributed by atoms with Crippen molar-refractivity contribution in [3.8, 4) is 0 Å². The minimum Gasteiger partial charge on any atom is -0.466 e. The second kappa shape index (κ2) is 7.47. The van der Waals surface area contributed by atoms with Crippen LogP contribution in [0.25, 0.3) is 0 Å². The number of aryl methyl sites for hydroxylation is 1. The van der Waals surface area contributed by atoms with Crippen LogP contribution in [0.4, 0.5) is 0 Å². The average Bonchev–Trinajstić information content (AvgIpc) is 2.63. The standard InChI is InChI=1S/C17H27NO4/c1-11-14(9-7-8-10-21-13(3)19)12(2)18-15(11)16(20)22-17(4,5)6/h18H,7-10H2,1-6H3. The zero-order valence-electron chi connectivity index (χ0n) is 14.5. The van der Waals surface area contributed by atoms with Crippen LogP contribution in [0.1, 0.15) is 67.8 Å². The van der Waals surface area contributed by atoms with E-state index in [-0.39, 0.29) is 11.9 Å². The maximum Gasteiger partial charge on any atom is 0.355 e. The maximum absolute atomic E-state index is 12.2. The Bertz CT molecular complexity index is 538. The van der Waals surface area contributed by atoms with Crippen molar-refractivity contribution in [3.63, 3.8) is 0 Å². The number of carbonyl (C=O) groups is 2. The highest BCUT2D eigenvalue weighted by molar-refractivity contribution is 5.90. The zero-order chi connectivity index (χ0) is 16.9. The lowest BCUT2D eigenvalue weighted by molar-refractivity contribution is -0.141. The first-order chi connectivity index (χ1) is 10.1. The number of aromatic nitrogens is 1. The first-order valence-corrected chi connectivity index (χ1v) is 7.66. The number of ether oxygens (including phenoxy) is 2. The molecule has 1 aromatic heterocycles. The lowest BCUT2D eigenvalue weighted by Gasteiger charge is -2.19. The van der Waals surface area contributed by atoms with E-state index in [1.807, 2.05) is 34.6 Å². The van der Waals surface area contributed by atoms with Gasteiger partial charge in [-0.2, -0.15) is 0 Å².